The van der Waals surface area contributed by atoms with Gasteiger partial charge in [0.25, 0.3) is 0 Å². The zero-order valence-electron chi connectivity index (χ0n) is 5.73. The minimum Gasteiger partial charge on any atom is -0.368 e. The first-order valence-electron chi connectivity index (χ1n) is 2.97. The molecule has 0 saturated carbocycles. The summed E-state index contributed by atoms with van der Waals surface area (Å²) in [7, 11) is 0. The van der Waals surface area contributed by atoms with E-state index in [9.17, 15) is 0 Å². The van der Waals surface area contributed by atoms with E-state index >= 15 is 0 Å². The molecule has 54 valence electrons. The minimum atomic E-state index is 0.213. The SMILES string of the molecule is N#CC=Cc1ccnc(N)n1. The molecular weight excluding hydrogens is 140 g/mol. The highest BCUT2D eigenvalue weighted by molar-refractivity contribution is 5.48. The molecule has 0 radical (unpaired) electrons. The van der Waals surface area contributed by atoms with Gasteiger partial charge in [-0.05, 0) is 12.1 Å². The molecule has 0 aromatic carbocycles. The van der Waals surface area contributed by atoms with Crippen LogP contribution in [-0.2, 0) is 0 Å². The highest BCUT2D eigenvalue weighted by Gasteiger charge is 1.88. The topological polar surface area (TPSA) is 75.6 Å². The van der Waals surface area contributed by atoms with Gasteiger partial charge in [-0.2, -0.15) is 5.26 Å². The third-order valence-electron chi connectivity index (χ3n) is 1.02. The summed E-state index contributed by atoms with van der Waals surface area (Å²) in [6.45, 7) is 0. The van der Waals surface area contributed by atoms with Crippen molar-refractivity contribution in [3.05, 3.63) is 24.0 Å². The monoisotopic (exact) mass is 146 g/mol. The van der Waals surface area contributed by atoms with Crippen molar-refractivity contribution in [2.45, 2.75) is 0 Å². The third-order valence-corrected chi connectivity index (χ3v) is 1.02. The van der Waals surface area contributed by atoms with Gasteiger partial charge in [-0.15, -0.1) is 0 Å². The fourth-order valence-corrected chi connectivity index (χ4v) is 0.604. The van der Waals surface area contributed by atoms with Crippen LogP contribution < -0.4 is 5.73 Å². The van der Waals surface area contributed by atoms with Gasteiger partial charge in [-0.3, -0.25) is 0 Å². The van der Waals surface area contributed by atoms with Crippen molar-refractivity contribution in [3.8, 4) is 6.07 Å². The molecule has 0 aliphatic rings. The predicted molar refractivity (Wildman–Crippen MR) is 41.1 cm³/mol. The molecule has 2 N–H and O–H groups in total. The summed E-state index contributed by atoms with van der Waals surface area (Å²) in [5.41, 5.74) is 5.93. The van der Waals surface area contributed by atoms with E-state index in [1.165, 1.54) is 6.08 Å². The van der Waals surface area contributed by atoms with Gasteiger partial charge >= 0.3 is 0 Å². The Morgan fingerprint density at radius 3 is 3.09 bits per heavy atom. The largest absolute Gasteiger partial charge is 0.368 e. The lowest BCUT2D eigenvalue weighted by Gasteiger charge is -1.91. The van der Waals surface area contributed by atoms with Crippen molar-refractivity contribution >= 4 is 12.0 Å². The first-order chi connectivity index (χ1) is 5.33. The van der Waals surface area contributed by atoms with Crippen LogP contribution in [0, 0.1) is 11.3 Å². The first kappa shape index (κ1) is 7.22. The van der Waals surface area contributed by atoms with Gasteiger partial charge in [0.1, 0.15) is 0 Å². The summed E-state index contributed by atoms with van der Waals surface area (Å²) >= 11 is 0. The number of nitrogen functional groups attached to an aromatic ring is 1. The van der Waals surface area contributed by atoms with Gasteiger partial charge < -0.3 is 5.73 Å². The highest BCUT2D eigenvalue weighted by atomic mass is 15.0. The number of rotatable bonds is 1. The number of allylic oxidation sites excluding steroid dienone is 1. The van der Waals surface area contributed by atoms with Crippen molar-refractivity contribution in [1.29, 1.82) is 5.26 Å². The molecule has 0 bridgehead atoms. The van der Waals surface area contributed by atoms with Gasteiger partial charge in [-0.1, -0.05) is 0 Å². The summed E-state index contributed by atoms with van der Waals surface area (Å²) in [4.78, 5) is 7.54. The van der Waals surface area contributed by atoms with E-state index in [0.717, 1.165) is 0 Å². The molecule has 1 rings (SSSR count). The van der Waals surface area contributed by atoms with Crippen molar-refractivity contribution in [1.82, 2.24) is 9.97 Å². The highest BCUT2D eigenvalue weighted by Crippen LogP contribution is 1.97. The summed E-state index contributed by atoms with van der Waals surface area (Å²) < 4.78 is 0. The molecule has 4 heteroatoms. The van der Waals surface area contributed by atoms with Crippen LogP contribution in [0.1, 0.15) is 5.69 Å². The Hall–Kier alpha value is -1.89. The minimum absolute atomic E-state index is 0.213. The van der Waals surface area contributed by atoms with Gasteiger partial charge in [0.2, 0.25) is 5.95 Å². The summed E-state index contributed by atoms with van der Waals surface area (Å²) in [5, 5.41) is 8.19. The Morgan fingerprint density at radius 2 is 2.45 bits per heavy atom. The van der Waals surface area contributed by atoms with E-state index in [-0.39, 0.29) is 5.95 Å². The van der Waals surface area contributed by atoms with Crippen LogP contribution in [0.15, 0.2) is 18.3 Å². The molecule has 0 unspecified atom stereocenters. The van der Waals surface area contributed by atoms with Crippen molar-refractivity contribution in [2.75, 3.05) is 5.73 Å². The molecule has 0 saturated heterocycles. The normalized spacial score (nSPS) is 9.73. The van der Waals surface area contributed by atoms with Crippen molar-refractivity contribution in [2.24, 2.45) is 0 Å². The molecule has 0 fully saturated rings. The molecule has 1 heterocycles. The molecule has 1 aromatic heterocycles. The summed E-state index contributed by atoms with van der Waals surface area (Å²) in [6.07, 6.45) is 4.44. The van der Waals surface area contributed by atoms with Gasteiger partial charge in [0, 0.05) is 12.3 Å². The van der Waals surface area contributed by atoms with Crippen molar-refractivity contribution < 1.29 is 0 Å². The van der Waals surface area contributed by atoms with Crippen LogP contribution in [-0.4, -0.2) is 9.97 Å². The molecular formula is C7H6N4. The van der Waals surface area contributed by atoms with Gasteiger partial charge in [0.15, 0.2) is 0 Å². The lowest BCUT2D eigenvalue weighted by atomic mass is 10.4. The fourth-order valence-electron chi connectivity index (χ4n) is 0.604. The Labute approximate surface area is 64.0 Å². The Kier molecular flexibility index (Phi) is 2.18. The fraction of sp³-hybridized carbons (Fsp3) is 0. The van der Waals surface area contributed by atoms with E-state index in [1.807, 2.05) is 6.07 Å². The van der Waals surface area contributed by atoms with E-state index in [1.54, 1.807) is 18.3 Å². The third kappa shape index (κ3) is 2.06. The predicted octanol–water partition coefficient (Wildman–Crippen LogP) is 0.596. The molecule has 11 heavy (non-hydrogen) atoms. The molecule has 0 spiro atoms. The number of nitriles is 1. The van der Waals surface area contributed by atoms with Crippen LogP contribution in [0.2, 0.25) is 0 Å². The first-order valence-corrected chi connectivity index (χ1v) is 2.97. The lowest BCUT2D eigenvalue weighted by molar-refractivity contribution is 1.17. The van der Waals surface area contributed by atoms with E-state index < -0.39 is 0 Å². The van der Waals surface area contributed by atoms with Crippen LogP contribution >= 0.6 is 0 Å². The maximum absolute atomic E-state index is 8.19. The Bertz CT molecular complexity index is 310. The van der Waals surface area contributed by atoms with Crippen molar-refractivity contribution in [3.63, 3.8) is 0 Å². The quantitative estimate of drug-likeness (QED) is 0.588. The number of nitrogens with zero attached hydrogens (tertiary/aromatic N) is 3. The van der Waals surface area contributed by atoms with Gasteiger partial charge in [-0.25, -0.2) is 9.97 Å². The molecule has 1 aromatic rings. The Balaban J connectivity index is 2.90. The second kappa shape index (κ2) is 3.32. The average Bonchev–Trinajstić information content (AvgIpc) is 2.01. The second-order valence-corrected chi connectivity index (χ2v) is 1.80. The van der Waals surface area contributed by atoms with E-state index in [2.05, 4.69) is 9.97 Å². The molecule has 0 aliphatic heterocycles. The second-order valence-electron chi connectivity index (χ2n) is 1.80. The smallest absolute Gasteiger partial charge is 0.220 e. The molecule has 4 nitrogen and oxygen atoms in total. The maximum Gasteiger partial charge on any atom is 0.220 e. The number of hydrogen-bond acceptors (Lipinski definition) is 4. The lowest BCUT2D eigenvalue weighted by Crippen LogP contribution is -1.94. The van der Waals surface area contributed by atoms with Crippen LogP contribution in [0.25, 0.3) is 6.08 Å². The number of hydrogen-bond donors (Lipinski definition) is 1. The van der Waals surface area contributed by atoms with Crippen LogP contribution in [0.4, 0.5) is 5.95 Å². The average molecular weight is 146 g/mol. The number of anilines is 1. The molecule has 0 aliphatic carbocycles. The van der Waals surface area contributed by atoms with Crippen LogP contribution in [0.5, 0.6) is 0 Å². The van der Waals surface area contributed by atoms with Crippen LogP contribution in [0.3, 0.4) is 0 Å². The molecule has 0 atom stereocenters. The number of aromatic nitrogens is 2. The summed E-state index contributed by atoms with van der Waals surface area (Å²) in [6, 6.07) is 3.52. The molecule has 0 amide bonds. The van der Waals surface area contributed by atoms with E-state index in [4.69, 9.17) is 11.0 Å². The van der Waals surface area contributed by atoms with Gasteiger partial charge in [0.05, 0.1) is 11.8 Å². The standard InChI is InChI=1S/C7H6N4/c8-4-1-2-6-3-5-10-7(9)11-6/h1-3,5H,(H2,9,10,11). The Morgan fingerprint density at radius 1 is 1.64 bits per heavy atom. The zero-order chi connectivity index (χ0) is 8.10. The number of nitrogens with two attached hydrogens (primary N) is 1. The maximum atomic E-state index is 8.19. The van der Waals surface area contributed by atoms with E-state index in [0.29, 0.717) is 5.69 Å². The summed E-state index contributed by atoms with van der Waals surface area (Å²) in [5.74, 6) is 0.213. The zero-order valence-corrected chi connectivity index (χ0v) is 5.73.